The number of thioether (sulfide) groups is 1. The normalized spacial score (nSPS) is 14.6. The molecule has 3 rings (SSSR count). The molecular formula is C17H18F2N4OS. The van der Waals surface area contributed by atoms with Gasteiger partial charge in [0.1, 0.15) is 0 Å². The van der Waals surface area contributed by atoms with E-state index >= 15 is 0 Å². The number of aromatic nitrogens is 2. The molecule has 0 atom stereocenters. The molecule has 2 aromatic rings. The lowest BCUT2D eigenvalue weighted by Crippen LogP contribution is -2.30. The summed E-state index contributed by atoms with van der Waals surface area (Å²) >= 11 is 0.353. The van der Waals surface area contributed by atoms with Gasteiger partial charge in [0.15, 0.2) is 0 Å². The Labute approximate surface area is 148 Å². The number of carbonyl (C=O) groups excluding carboxylic acids is 1. The molecule has 0 saturated carbocycles. The highest BCUT2D eigenvalue weighted by molar-refractivity contribution is 7.99. The van der Waals surface area contributed by atoms with Crippen LogP contribution in [0.5, 0.6) is 0 Å². The zero-order chi connectivity index (χ0) is 17.6. The Morgan fingerprint density at radius 1 is 1.12 bits per heavy atom. The molecule has 0 radical (unpaired) electrons. The van der Waals surface area contributed by atoms with Gasteiger partial charge in [-0.15, -0.1) is 0 Å². The van der Waals surface area contributed by atoms with Crippen LogP contribution in [0.2, 0.25) is 0 Å². The average Bonchev–Trinajstić information content (AvgIpc) is 2.63. The Kier molecular flexibility index (Phi) is 5.80. The van der Waals surface area contributed by atoms with E-state index in [0.29, 0.717) is 23.4 Å². The average molecular weight is 364 g/mol. The molecule has 1 amide bonds. The van der Waals surface area contributed by atoms with E-state index in [9.17, 15) is 13.6 Å². The number of piperidine rings is 1. The van der Waals surface area contributed by atoms with E-state index in [-0.39, 0.29) is 10.5 Å². The van der Waals surface area contributed by atoms with Crippen molar-refractivity contribution in [2.45, 2.75) is 29.9 Å². The molecule has 25 heavy (non-hydrogen) atoms. The number of hydrogen-bond donors (Lipinski definition) is 1. The summed E-state index contributed by atoms with van der Waals surface area (Å²) in [5.74, 6) is -2.40. The molecule has 1 fully saturated rings. The van der Waals surface area contributed by atoms with Crippen LogP contribution in [0, 0.1) is 0 Å². The molecule has 1 aromatic heterocycles. The van der Waals surface area contributed by atoms with Gasteiger partial charge < -0.3 is 10.2 Å². The van der Waals surface area contributed by atoms with Gasteiger partial charge in [0.25, 0.3) is 11.7 Å². The van der Waals surface area contributed by atoms with E-state index in [0.717, 1.165) is 25.9 Å². The number of benzene rings is 1. The summed E-state index contributed by atoms with van der Waals surface area (Å²) in [7, 11) is 0. The molecule has 2 heterocycles. The summed E-state index contributed by atoms with van der Waals surface area (Å²) in [4.78, 5) is 23.3. The zero-order valence-corrected chi connectivity index (χ0v) is 14.3. The molecule has 0 aliphatic carbocycles. The Hall–Kier alpha value is -2.22. The first-order valence-corrected chi connectivity index (χ1v) is 8.93. The van der Waals surface area contributed by atoms with Gasteiger partial charge in [-0.05, 0) is 31.4 Å². The largest absolute Gasteiger partial charge is 0.341 e. The number of carbonyl (C=O) groups is 1. The second-order valence-electron chi connectivity index (χ2n) is 5.65. The van der Waals surface area contributed by atoms with Crippen LogP contribution < -0.4 is 10.2 Å². The van der Waals surface area contributed by atoms with Crippen LogP contribution in [0.1, 0.15) is 29.6 Å². The van der Waals surface area contributed by atoms with Crippen LogP contribution in [-0.2, 0) is 0 Å². The third-order valence-electron chi connectivity index (χ3n) is 3.88. The maximum absolute atomic E-state index is 12.6. The van der Waals surface area contributed by atoms with E-state index in [2.05, 4.69) is 20.2 Å². The lowest BCUT2D eigenvalue weighted by atomic mass is 10.1. The molecule has 0 bridgehead atoms. The first kappa shape index (κ1) is 17.6. The van der Waals surface area contributed by atoms with Crippen molar-refractivity contribution in [3.05, 3.63) is 42.2 Å². The molecule has 1 aliphatic heterocycles. The third kappa shape index (κ3) is 4.66. The fourth-order valence-electron chi connectivity index (χ4n) is 2.69. The van der Waals surface area contributed by atoms with Crippen molar-refractivity contribution in [3.8, 4) is 0 Å². The highest BCUT2D eigenvalue weighted by Crippen LogP contribution is 2.28. The predicted octanol–water partition coefficient (Wildman–Crippen LogP) is 4.03. The smallest absolute Gasteiger partial charge is 0.288 e. The van der Waals surface area contributed by atoms with E-state index in [1.54, 1.807) is 12.1 Å². The predicted molar refractivity (Wildman–Crippen MR) is 94.4 cm³/mol. The minimum Gasteiger partial charge on any atom is -0.341 e. The maximum atomic E-state index is 12.6. The van der Waals surface area contributed by atoms with Crippen molar-refractivity contribution < 1.29 is 13.6 Å². The van der Waals surface area contributed by atoms with Crippen LogP contribution >= 0.6 is 11.8 Å². The van der Waals surface area contributed by atoms with E-state index in [4.69, 9.17) is 0 Å². The highest BCUT2D eigenvalue weighted by atomic mass is 32.2. The van der Waals surface area contributed by atoms with Gasteiger partial charge in [0.05, 0.1) is 23.6 Å². The highest BCUT2D eigenvalue weighted by Gasteiger charge is 2.16. The molecule has 0 spiro atoms. The van der Waals surface area contributed by atoms with Crippen molar-refractivity contribution in [1.82, 2.24) is 9.97 Å². The van der Waals surface area contributed by atoms with Crippen LogP contribution in [0.3, 0.4) is 0 Å². The van der Waals surface area contributed by atoms with E-state index in [1.807, 2.05) is 0 Å². The van der Waals surface area contributed by atoms with Crippen molar-refractivity contribution in [2.24, 2.45) is 0 Å². The number of hydrogen-bond acceptors (Lipinski definition) is 5. The SMILES string of the molecule is O=C(Nc1cnc(N2CCCCC2)nc1)c1ccccc1SC(F)F. The van der Waals surface area contributed by atoms with Gasteiger partial charge in [-0.1, -0.05) is 23.9 Å². The van der Waals surface area contributed by atoms with Crippen molar-refractivity contribution in [1.29, 1.82) is 0 Å². The summed E-state index contributed by atoms with van der Waals surface area (Å²) in [5.41, 5.74) is 0.635. The molecule has 1 aromatic carbocycles. The van der Waals surface area contributed by atoms with Crippen LogP contribution in [0.4, 0.5) is 20.4 Å². The van der Waals surface area contributed by atoms with Crippen LogP contribution in [-0.4, -0.2) is 34.7 Å². The first-order chi connectivity index (χ1) is 12.1. The van der Waals surface area contributed by atoms with Gasteiger partial charge >= 0.3 is 0 Å². The zero-order valence-electron chi connectivity index (χ0n) is 13.5. The fraction of sp³-hybridized carbons (Fsp3) is 0.353. The second-order valence-corrected chi connectivity index (χ2v) is 6.68. The fourth-order valence-corrected chi connectivity index (χ4v) is 3.33. The van der Waals surface area contributed by atoms with Crippen molar-refractivity contribution in [3.63, 3.8) is 0 Å². The number of rotatable bonds is 5. The van der Waals surface area contributed by atoms with Crippen molar-refractivity contribution >= 4 is 29.3 Å². The molecule has 8 heteroatoms. The monoisotopic (exact) mass is 364 g/mol. The number of nitrogens with one attached hydrogen (secondary N) is 1. The summed E-state index contributed by atoms with van der Waals surface area (Å²) in [6.45, 7) is 1.87. The molecule has 132 valence electrons. The molecule has 1 aliphatic rings. The Morgan fingerprint density at radius 3 is 2.48 bits per heavy atom. The molecule has 5 nitrogen and oxygen atoms in total. The topological polar surface area (TPSA) is 58.1 Å². The summed E-state index contributed by atoms with van der Waals surface area (Å²) < 4.78 is 25.2. The summed E-state index contributed by atoms with van der Waals surface area (Å²) in [6.07, 6.45) is 6.55. The van der Waals surface area contributed by atoms with Gasteiger partial charge in [-0.3, -0.25) is 4.79 Å². The third-order valence-corrected chi connectivity index (χ3v) is 4.67. The summed E-state index contributed by atoms with van der Waals surface area (Å²) in [6, 6.07) is 6.28. The Morgan fingerprint density at radius 2 is 1.80 bits per heavy atom. The lowest BCUT2D eigenvalue weighted by molar-refractivity contribution is 0.102. The number of halogens is 2. The number of alkyl halides is 2. The Bertz CT molecular complexity index is 721. The molecule has 1 saturated heterocycles. The standard InChI is InChI=1S/C17H18F2N4OS/c18-16(19)25-14-7-3-2-6-13(14)15(24)22-12-10-20-17(21-11-12)23-8-4-1-5-9-23/h2-3,6-7,10-11,16H,1,4-5,8-9H2,(H,22,24). The van der Waals surface area contributed by atoms with Gasteiger partial charge in [-0.2, -0.15) is 8.78 Å². The minimum absolute atomic E-state index is 0.202. The van der Waals surface area contributed by atoms with Gasteiger partial charge in [-0.25, -0.2) is 9.97 Å². The Balaban J connectivity index is 1.69. The number of nitrogens with zero attached hydrogens (tertiary/aromatic N) is 3. The van der Waals surface area contributed by atoms with Crippen LogP contribution in [0.25, 0.3) is 0 Å². The van der Waals surface area contributed by atoms with E-state index < -0.39 is 11.7 Å². The summed E-state index contributed by atoms with van der Waals surface area (Å²) in [5, 5.41) is 2.66. The minimum atomic E-state index is -2.58. The molecule has 0 unspecified atom stereocenters. The second kappa shape index (κ2) is 8.24. The first-order valence-electron chi connectivity index (χ1n) is 8.05. The molecular weight excluding hydrogens is 346 g/mol. The van der Waals surface area contributed by atoms with Crippen molar-refractivity contribution in [2.75, 3.05) is 23.3 Å². The quantitative estimate of drug-likeness (QED) is 0.812. The molecule has 1 N–H and O–H groups in total. The van der Waals surface area contributed by atoms with Gasteiger partial charge in [0.2, 0.25) is 5.95 Å². The van der Waals surface area contributed by atoms with Crippen LogP contribution in [0.15, 0.2) is 41.6 Å². The van der Waals surface area contributed by atoms with E-state index in [1.165, 1.54) is 30.9 Å². The van der Waals surface area contributed by atoms with Gasteiger partial charge in [0, 0.05) is 18.0 Å². The lowest BCUT2D eigenvalue weighted by Gasteiger charge is -2.26. The number of amides is 1. The maximum Gasteiger partial charge on any atom is 0.288 e. The number of anilines is 2.